The van der Waals surface area contributed by atoms with E-state index in [9.17, 15) is 0 Å². The minimum absolute atomic E-state index is 0.0244. The van der Waals surface area contributed by atoms with E-state index in [1.54, 1.807) is 23.1 Å². The van der Waals surface area contributed by atoms with E-state index in [0.717, 1.165) is 0 Å². The number of rotatable bonds is 29. The van der Waals surface area contributed by atoms with Gasteiger partial charge in [-0.25, -0.2) is 4.68 Å². The highest BCUT2D eigenvalue weighted by Gasteiger charge is 2.62. The molecular weight excluding hydrogens is 1430 g/mol. The zero-order chi connectivity index (χ0) is 76.6. The molecule has 0 saturated carbocycles. The van der Waals surface area contributed by atoms with Gasteiger partial charge in [-0.1, -0.05) is 11.3 Å². The zero-order valence-electron chi connectivity index (χ0n) is 64.7. The van der Waals surface area contributed by atoms with E-state index in [2.05, 4.69) is 15.3 Å². The van der Waals surface area contributed by atoms with Crippen molar-refractivity contribution in [1.29, 1.82) is 0 Å². The summed E-state index contributed by atoms with van der Waals surface area (Å²) in [5.41, 5.74) is 1.06. The summed E-state index contributed by atoms with van der Waals surface area (Å²) in [6.07, 6.45) is -33.8. The van der Waals surface area contributed by atoms with Gasteiger partial charge in [0.1, 0.15) is 177 Å². The first-order valence-corrected chi connectivity index (χ1v) is 35.5. The average molecular weight is 1540 g/mol. The Kier molecular flexibility index (Phi) is 33.7. The molecule has 21 aliphatic heterocycles. The van der Waals surface area contributed by atoms with Gasteiger partial charge in [-0.3, -0.25) is 4.98 Å². The minimum Gasteiger partial charge on any atom is -0.382 e. The number of nitrogens with zero attached hydrogens (tertiary/aromatic N) is 4. The van der Waals surface area contributed by atoms with Crippen molar-refractivity contribution >= 4 is 0 Å². The molecule has 614 valence electrons. The maximum absolute atomic E-state index is 7.25. The summed E-state index contributed by atoms with van der Waals surface area (Å²) in [4.78, 5) is 4.51. The van der Waals surface area contributed by atoms with Crippen LogP contribution in [0, 0.1) is 0 Å². The highest BCUT2D eigenvalue weighted by atomic mass is 16.8. The van der Waals surface area contributed by atoms with E-state index in [1.807, 2.05) is 12.1 Å². The largest absolute Gasteiger partial charge is 0.382 e. The lowest BCUT2D eigenvalue weighted by atomic mass is 9.94. The molecule has 35 atom stereocenters. The Morgan fingerprint density at radius 1 is 0.262 bits per heavy atom. The fraction of sp³-hybridized carbons (Fsp3) is 0.899. The molecule has 21 aliphatic rings. The maximum Gasteiger partial charge on any atom is 0.187 e. The molecule has 21 fully saturated rings. The first kappa shape index (κ1) is 86.3. The Bertz CT molecular complexity index is 2820. The molecule has 38 nitrogen and oxygen atoms in total. The number of methoxy groups -OCH3 is 20. The first-order chi connectivity index (χ1) is 52.2. The second-order valence-corrected chi connectivity index (χ2v) is 26.6. The Balaban J connectivity index is 1.08. The molecule has 38 heteroatoms. The van der Waals surface area contributed by atoms with Crippen LogP contribution in [0.15, 0.2) is 30.6 Å². The summed E-state index contributed by atoms with van der Waals surface area (Å²) in [6, 6.07) is 5.48. The number of hydrogen-bond donors (Lipinski definition) is 0. The van der Waals surface area contributed by atoms with Gasteiger partial charge in [-0.2, -0.15) is 0 Å². The van der Waals surface area contributed by atoms with Crippen LogP contribution in [0.4, 0.5) is 0 Å². The molecule has 107 heavy (non-hydrogen) atoms. The minimum atomic E-state index is -1.30. The van der Waals surface area contributed by atoms with Gasteiger partial charge in [-0.05, 0) is 12.1 Å². The molecule has 14 bridgehead atoms. The molecule has 2 aromatic rings. The van der Waals surface area contributed by atoms with Crippen LogP contribution in [0.1, 0.15) is 0 Å². The van der Waals surface area contributed by atoms with Crippen LogP contribution >= 0.6 is 0 Å². The highest BCUT2D eigenvalue weighted by molar-refractivity contribution is 5.51. The topological polar surface area (TPSA) is 357 Å². The smallest absolute Gasteiger partial charge is 0.187 e. The van der Waals surface area contributed by atoms with Crippen LogP contribution in [0.2, 0.25) is 0 Å². The average Bonchev–Trinajstić information content (AvgIpc) is 1.01. The van der Waals surface area contributed by atoms with E-state index in [4.69, 9.17) is 161 Å². The van der Waals surface area contributed by atoms with Crippen molar-refractivity contribution in [2.75, 3.05) is 182 Å². The van der Waals surface area contributed by atoms with Crippen molar-refractivity contribution in [1.82, 2.24) is 20.0 Å². The van der Waals surface area contributed by atoms with Gasteiger partial charge in [0.2, 0.25) is 0 Å². The quantitative estimate of drug-likeness (QED) is 0.0963. The molecule has 0 aromatic carbocycles. The van der Waals surface area contributed by atoms with Crippen LogP contribution in [0.5, 0.6) is 0 Å². The summed E-state index contributed by atoms with van der Waals surface area (Å²) in [5.74, 6) is 0. The van der Waals surface area contributed by atoms with Gasteiger partial charge in [0.15, 0.2) is 44.0 Å². The fourth-order valence-electron chi connectivity index (χ4n) is 15.9. The van der Waals surface area contributed by atoms with Crippen molar-refractivity contribution < 1.29 is 161 Å². The molecule has 21 saturated heterocycles. The Morgan fingerprint density at radius 2 is 0.477 bits per heavy atom. The molecule has 2 aromatic heterocycles. The van der Waals surface area contributed by atoms with E-state index in [0.29, 0.717) is 11.4 Å². The standard InChI is InChI=1S/C69H114N4O34/c1-74-27-36-43-50(81-8)58(89-16)65(96-36)104-45-38(29-76-3)98-67(60(91-18)52(45)83-10)106-47-40(31-78-5)100-69(62(93-20)54(47)85-12)107-48-41(32-79-6)99-68(61(92-19)55(48)86-13)105-46-39(30-77-4)97-66(59(90-17)53(46)84-11)103-44-37(28-75-2)95-64(57(88-15)51(44)82-9)101-42-35(94-63(102-43)56(87-14)49(42)80-7)26-73-25-34(71-72-73)33-23-21-22-24-70-33/h21-25,35-69H,26-32H2,1-20H3/t35-,36-,37-,38-,39-,40-,41-,42-,43-,44-,45-,46-,47-,48-,49+,50+,51+,52+,53+,54+,55+,56-,57-,58-,59-,60-,61-,62-,63-,64-,65-,66-,67-,68-,69-/m1/s1. The van der Waals surface area contributed by atoms with Crippen molar-refractivity contribution in [3.8, 4) is 11.4 Å². The predicted molar refractivity (Wildman–Crippen MR) is 360 cm³/mol. The van der Waals surface area contributed by atoms with E-state index in [1.165, 1.54) is 142 Å². The number of pyridine rings is 1. The molecule has 0 unspecified atom stereocenters. The molecule has 0 aliphatic carbocycles. The molecule has 23 heterocycles. The van der Waals surface area contributed by atoms with Crippen LogP contribution in [0.3, 0.4) is 0 Å². The van der Waals surface area contributed by atoms with Gasteiger partial charge >= 0.3 is 0 Å². The lowest BCUT2D eigenvalue weighted by Crippen LogP contribution is -2.69. The Hall–Kier alpha value is -3.07. The van der Waals surface area contributed by atoms with Crippen molar-refractivity contribution in [2.45, 2.75) is 221 Å². The van der Waals surface area contributed by atoms with Crippen LogP contribution < -0.4 is 0 Å². The number of ether oxygens (including phenoxy) is 34. The summed E-state index contributed by atoms with van der Waals surface area (Å²) in [5, 5.41) is 9.03. The molecular formula is C69H114N4O34. The van der Waals surface area contributed by atoms with Gasteiger partial charge < -0.3 is 161 Å². The van der Waals surface area contributed by atoms with Crippen molar-refractivity contribution in [3.05, 3.63) is 30.6 Å². The second-order valence-electron chi connectivity index (χ2n) is 26.6. The summed E-state index contributed by atoms with van der Waals surface area (Å²) < 4.78 is 224. The monoisotopic (exact) mass is 1540 g/mol. The SMILES string of the molecule is COC[C@H]1O[C@@H]2O[C@H]3[C@H](OC)[C@@H](OC)[C@@H](O[C@H]4[C@H](OC)[C@@H](OC)[C@@H](O[C@H]5[C@H](OC)[C@@H](OC)[C@@H](O[C@H]6[C@H](OC)[C@@H](OC)[C@@H](O[C@H]7[C@H](OC)[C@@H](OC)[C@@H](O[C@H]8[C@H](OC)[C@@H](OC)[C@@H](O[C@H]1[C@H](OC)[C@H]2OC)O[C@@H]8COC)O[C@@H]7COC)O[C@@H]6COC)O[C@@H]5Cn1cc(-c2ccccn2)nn1)O[C@@H]4COC)O[C@@H]3COC. The summed E-state index contributed by atoms with van der Waals surface area (Å²) in [7, 11) is 30.2. The van der Waals surface area contributed by atoms with Gasteiger partial charge in [0.05, 0.1) is 58.1 Å². The Morgan fingerprint density at radius 3 is 0.673 bits per heavy atom. The second kappa shape index (κ2) is 41.8. The molecule has 0 radical (unpaired) electrons. The van der Waals surface area contributed by atoms with Gasteiger partial charge in [0, 0.05) is 148 Å². The molecule has 23 rings (SSSR count). The van der Waals surface area contributed by atoms with Crippen LogP contribution in [-0.4, -0.2) is 417 Å². The number of aromatic nitrogens is 4. The van der Waals surface area contributed by atoms with Crippen LogP contribution in [0.25, 0.3) is 11.4 Å². The summed E-state index contributed by atoms with van der Waals surface area (Å²) >= 11 is 0. The third-order valence-corrected chi connectivity index (χ3v) is 20.8. The van der Waals surface area contributed by atoms with E-state index >= 15 is 0 Å². The lowest BCUT2D eigenvalue weighted by molar-refractivity contribution is -0.402. The third-order valence-electron chi connectivity index (χ3n) is 20.8. The summed E-state index contributed by atoms with van der Waals surface area (Å²) in [6.45, 7) is -0.367. The number of hydrogen-bond acceptors (Lipinski definition) is 37. The molecule has 0 N–H and O–H groups in total. The first-order valence-electron chi connectivity index (χ1n) is 35.5. The molecule has 0 spiro atoms. The normalized spacial score (nSPS) is 43.2. The Labute approximate surface area is 624 Å². The van der Waals surface area contributed by atoms with Gasteiger partial charge in [-0.15, -0.1) is 5.10 Å². The van der Waals surface area contributed by atoms with E-state index in [-0.39, 0.29) is 46.2 Å². The third kappa shape index (κ3) is 18.8. The highest BCUT2D eigenvalue weighted by Crippen LogP contribution is 2.43. The lowest BCUT2D eigenvalue weighted by Gasteiger charge is -2.52. The fourth-order valence-corrected chi connectivity index (χ4v) is 15.9. The molecule has 0 amide bonds. The van der Waals surface area contributed by atoms with Crippen LogP contribution in [-0.2, 0) is 168 Å². The van der Waals surface area contributed by atoms with Crippen molar-refractivity contribution in [2.24, 2.45) is 0 Å². The maximum atomic E-state index is 7.25. The van der Waals surface area contributed by atoms with Gasteiger partial charge in [0.25, 0.3) is 0 Å². The van der Waals surface area contributed by atoms with E-state index < -0.39 is 215 Å². The van der Waals surface area contributed by atoms with Crippen molar-refractivity contribution in [3.63, 3.8) is 0 Å². The zero-order valence-corrected chi connectivity index (χ0v) is 64.7. The predicted octanol–water partition coefficient (Wildman–Crippen LogP) is -0.787.